The van der Waals surface area contributed by atoms with E-state index in [0.29, 0.717) is 16.7 Å². The Balaban J connectivity index is 1.64. The van der Waals surface area contributed by atoms with Gasteiger partial charge in [0.25, 0.3) is 5.91 Å². The molecule has 2 aromatic heterocycles. The van der Waals surface area contributed by atoms with Gasteiger partial charge < -0.3 is 4.42 Å². The predicted octanol–water partition coefficient (Wildman–Crippen LogP) is 4.32. The zero-order chi connectivity index (χ0) is 17.2. The summed E-state index contributed by atoms with van der Waals surface area (Å²) in [6.07, 6.45) is 0. The number of para-hydroxylation sites is 1. The van der Waals surface area contributed by atoms with Crippen LogP contribution in [0.25, 0.3) is 11.0 Å². The van der Waals surface area contributed by atoms with Gasteiger partial charge in [0, 0.05) is 33.5 Å². The van der Waals surface area contributed by atoms with Crippen LogP contribution in [0.5, 0.6) is 0 Å². The van der Waals surface area contributed by atoms with E-state index in [1.807, 2.05) is 36.6 Å². The first kappa shape index (κ1) is 16.7. The first-order valence-electron chi connectivity index (χ1n) is 7.74. The third-order valence-electron chi connectivity index (χ3n) is 3.65. The fourth-order valence-electron chi connectivity index (χ4n) is 2.52. The van der Waals surface area contributed by atoms with Gasteiger partial charge >= 0.3 is 0 Å². The molecule has 3 aromatic rings. The molecule has 3 heterocycles. The fraction of sp³-hybridized carbons (Fsp3) is 0.235. The molecule has 25 heavy (non-hydrogen) atoms. The number of nitrogens with zero attached hydrogens (tertiary/aromatic N) is 2. The van der Waals surface area contributed by atoms with Crippen LogP contribution in [-0.2, 0) is 5.75 Å². The van der Waals surface area contributed by atoms with Crippen molar-refractivity contribution in [1.82, 2.24) is 10.3 Å². The molecule has 0 unspecified atom stereocenters. The minimum Gasteiger partial charge on any atom is -0.451 e. The number of rotatable bonds is 4. The number of thiazole rings is 1. The average Bonchev–Trinajstić information content (AvgIpc) is 3.33. The van der Waals surface area contributed by atoms with Gasteiger partial charge in [0.05, 0.1) is 6.54 Å². The summed E-state index contributed by atoms with van der Waals surface area (Å²) in [5, 5.41) is 6.52. The normalized spacial score (nSPS) is 14.0. The van der Waals surface area contributed by atoms with Gasteiger partial charge in [0.1, 0.15) is 9.92 Å². The standard InChI is InChI=1S/C17H15N3O2S3/c1-10-8-24-17(19-10)25-9-12-11-4-2-3-5-13(11)22-14(12)15(21)20-16-18-6-7-23-16/h2-5,8H,6-7,9H2,1H3,(H,18,20,21). The SMILES string of the molecule is Cc1csc(SCc2c(C(=O)NC3=NCCS3)oc3ccccc23)n1. The van der Waals surface area contributed by atoms with Crippen molar-refractivity contribution in [1.29, 1.82) is 0 Å². The third-order valence-corrected chi connectivity index (χ3v) is 6.71. The van der Waals surface area contributed by atoms with Gasteiger partial charge in [-0.2, -0.15) is 0 Å². The largest absolute Gasteiger partial charge is 0.451 e. The van der Waals surface area contributed by atoms with Crippen molar-refractivity contribution in [2.24, 2.45) is 4.99 Å². The predicted molar refractivity (Wildman–Crippen MR) is 105 cm³/mol. The molecule has 0 bridgehead atoms. The summed E-state index contributed by atoms with van der Waals surface area (Å²) in [4.78, 5) is 21.4. The molecule has 1 aromatic carbocycles. The van der Waals surface area contributed by atoms with Crippen LogP contribution in [-0.4, -0.2) is 28.4 Å². The number of benzene rings is 1. The van der Waals surface area contributed by atoms with Gasteiger partial charge in [-0.3, -0.25) is 15.1 Å². The van der Waals surface area contributed by atoms with Crippen molar-refractivity contribution in [3.05, 3.63) is 46.7 Å². The molecule has 1 amide bonds. The Bertz CT molecular complexity index is 961. The number of nitrogens with one attached hydrogen (secondary N) is 1. The number of furan rings is 1. The van der Waals surface area contributed by atoms with E-state index in [9.17, 15) is 4.79 Å². The first-order valence-corrected chi connectivity index (χ1v) is 10.6. The Morgan fingerprint density at radius 1 is 1.40 bits per heavy atom. The van der Waals surface area contributed by atoms with E-state index in [0.717, 1.165) is 38.9 Å². The maximum absolute atomic E-state index is 12.7. The number of carbonyl (C=O) groups excluding carboxylic acids is 1. The van der Waals surface area contributed by atoms with E-state index in [2.05, 4.69) is 15.3 Å². The lowest BCUT2D eigenvalue weighted by Crippen LogP contribution is -2.27. The van der Waals surface area contributed by atoms with Gasteiger partial charge in [-0.1, -0.05) is 41.7 Å². The maximum Gasteiger partial charge on any atom is 0.293 e. The number of aliphatic imine (C=N–C) groups is 1. The molecule has 0 saturated heterocycles. The average molecular weight is 390 g/mol. The minimum absolute atomic E-state index is 0.240. The Labute approximate surface area is 157 Å². The monoisotopic (exact) mass is 389 g/mol. The van der Waals surface area contributed by atoms with Crippen molar-refractivity contribution >= 4 is 56.9 Å². The number of aromatic nitrogens is 1. The molecule has 0 aliphatic carbocycles. The van der Waals surface area contributed by atoms with Crippen molar-refractivity contribution in [2.75, 3.05) is 12.3 Å². The van der Waals surface area contributed by atoms with Gasteiger partial charge in [-0.15, -0.1) is 11.3 Å². The Morgan fingerprint density at radius 3 is 3.04 bits per heavy atom. The number of aryl methyl sites for hydroxylation is 1. The van der Waals surface area contributed by atoms with Crippen LogP contribution in [0, 0.1) is 6.92 Å². The van der Waals surface area contributed by atoms with Crippen LogP contribution in [0.3, 0.4) is 0 Å². The highest BCUT2D eigenvalue weighted by molar-refractivity contribution is 8.14. The molecule has 0 fully saturated rings. The number of amides is 1. The van der Waals surface area contributed by atoms with Crippen LogP contribution >= 0.6 is 34.9 Å². The van der Waals surface area contributed by atoms with E-state index in [-0.39, 0.29) is 5.91 Å². The Hall–Kier alpha value is -1.77. The Morgan fingerprint density at radius 2 is 2.28 bits per heavy atom. The number of carbonyl (C=O) groups is 1. The van der Waals surface area contributed by atoms with Crippen LogP contribution in [0.15, 0.2) is 43.4 Å². The van der Waals surface area contributed by atoms with Crippen molar-refractivity contribution in [3.8, 4) is 0 Å². The van der Waals surface area contributed by atoms with E-state index in [1.54, 1.807) is 34.9 Å². The molecule has 128 valence electrons. The molecular weight excluding hydrogens is 374 g/mol. The lowest BCUT2D eigenvalue weighted by Gasteiger charge is -2.04. The van der Waals surface area contributed by atoms with Crippen molar-refractivity contribution in [2.45, 2.75) is 17.0 Å². The molecule has 8 heteroatoms. The molecule has 5 nitrogen and oxygen atoms in total. The molecule has 0 atom stereocenters. The highest BCUT2D eigenvalue weighted by atomic mass is 32.2. The van der Waals surface area contributed by atoms with Gasteiger partial charge in [-0.05, 0) is 13.0 Å². The molecule has 0 spiro atoms. The summed E-state index contributed by atoms with van der Waals surface area (Å²) in [7, 11) is 0. The van der Waals surface area contributed by atoms with Crippen molar-refractivity contribution < 1.29 is 9.21 Å². The molecule has 1 N–H and O–H groups in total. The van der Waals surface area contributed by atoms with Gasteiger partial charge in [0.15, 0.2) is 10.9 Å². The summed E-state index contributed by atoms with van der Waals surface area (Å²) in [5.41, 5.74) is 2.63. The summed E-state index contributed by atoms with van der Waals surface area (Å²) < 4.78 is 6.85. The first-order chi connectivity index (χ1) is 12.2. The zero-order valence-electron chi connectivity index (χ0n) is 13.4. The second kappa shape index (κ2) is 7.23. The van der Waals surface area contributed by atoms with E-state index >= 15 is 0 Å². The van der Waals surface area contributed by atoms with Crippen LogP contribution in [0.1, 0.15) is 21.8 Å². The summed E-state index contributed by atoms with van der Waals surface area (Å²) in [6, 6.07) is 7.74. The summed E-state index contributed by atoms with van der Waals surface area (Å²) in [6.45, 7) is 2.72. The second-order valence-corrected chi connectivity index (χ2v) is 8.60. The third kappa shape index (κ3) is 3.61. The van der Waals surface area contributed by atoms with E-state index in [4.69, 9.17) is 4.42 Å². The quantitative estimate of drug-likeness (QED) is 0.673. The highest BCUT2D eigenvalue weighted by Crippen LogP contribution is 2.33. The number of hydrogen-bond donors (Lipinski definition) is 1. The van der Waals surface area contributed by atoms with Gasteiger partial charge in [-0.25, -0.2) is 4.98 Å². The number of amidine groups is 1. The Kier molecular flexibility index (Phi) is 4.82. The molecular formula is C17H15N3O2S3. The lowest BCUT2D eigenvalue weighted by atomic mass is 10.1. The molecule has 1 aliphatic heterocycles. The van der Waals surface area contributed by atoms with E-state index in [1.165, 1.54) is 0 Å². The molecule has 0 saturated carbocycles. The highest BCUT2D eigenvalue weighted by Gasteiger charge is 2.22. The van der Waals surface area contributed by atoms with E-state index < -0.39 is 0 Å². The molecule has 0 radical (unpaired) electrons. The molecule has 4 rings (SSSR count). The topological polar surface area (TPSA) is 67.5 Å². The van der Waals surface area contributed by atoms with Crippen LogP contribution in [0.4, 0.5) is 0 Å². The minimum atomic E-state index is -0.240. The van der Waals surface area contributed by atoms with Crippen LogP contribution in [0.2, 0.25) is 0 Å². The lowest BCUT2D eigenvalue weighted by molar-refractivity contribution is 0.0952. The molecule has 1 aliphatic rings. The van der Waals surface area contributed by atoms with Crippen LogP contribution < -0.4 is 5.32 Å². The van der Waals surface area contributed by atoms with Gasteiger partial charge in [0.2, 0.25) is 0 Å². The fourth-order valence-corrected chi connectivity index (χ4v) is 5.12. The summed E-state index contributed by atoms with van der Waals surface area (Å²) in [5.74, 6) is 1.65. The maximum atomic E-state index is 12.7. The van der Waals surface area contributed by atoms with Crippen molar-refractivity contribution in [3.63, 3.8) is 0 Å². The summed E-state index contributed by atoms with van der Waals surface area (Å²) >= 11 is 4.79. The smallest absolute Gasteiger partial charge is 0.293 e. The number of thioether (sulfide) groups is 2. The zero-order valence-corrected chi connectivity index (χ0v) is 15.9. The second-order valence-electron chi connectivity index (χ2n) is 5.44. The number of hydrogen-bond acceptors (Lipinski definition) is 7. The number of fused-ring (bicyclic) bond motifs is 1.